The minimum Gasteiger partial charge on any atom is -0.397 e. The monoisotopic (exact) mass is 262 g/mol. The number of hydrogen-bond donors (Lipinski definition) is 2. The van der Waals surface area contributed by atoms with Crippen LogP contribution in [0.25, 0.3) is 10.1 Å². The van der Waals surface area contributed by atoms with Crippen LogP contribution in [0.3, 0.4) is 0 Å². The Hall–Kier alpha value is -1.55. The average Bonchev–Trinajstić information content (AvgIpc) is 2.67. The van der Waals surface area contributed by atoms with E-state index in [1.165, 1.54) is 11.3 Å². The van der Waals surface area contributed by atoms with E-state index in [1.807, 2.05) is 25.1 Å². The van der Waals surface area contributed by atoms with Gasteiger partial charge in [-0.2, -0.15) is 0 Å². The number of aryl methyl sites for hydroxylation is 1. The number of nitrogens with one attached hydrogen (secondary N) is 1. The highest BCUT2D eigenvalue weighted by atomic mass is 32.1. The summed E-state index contributed by atoms with van der Waals surface area (Å²) in [6.07, 6.45) is 2.07. The standard InChI is InChI=1S/C14H18N2OS/c1-3-4-7-16-14(17)13-12(15)10-8-9(2)5-6-11(10)18-13/h5-6,8H,3-4,7,15H2,1-2H3,(H,16,17). The highest BCUT2D eigenvalue weighted by Gasteiger charge is 2.15. The number of anilines is 1. The van der Waals surface area contributed by atoms with Crippen molar-refractivity contribution >= 4 is 33.0 Å². The topological polar surface area (TPSA) is 55.1 Å². The summed E-state index contributed by atoms with van der Waals surface area (Å²) in [4.78, 5) is 12.6. The van der Waals surface area contributed by atoms with E-state index in [9.17, 15) is 4.79 Å². The van der Waals surface area contributed by atoms with Gasteiger partial charge in [-0.15, -0.1) is 11.3 Å². The van der Waals surface area contributed by atoms with Crippen molar-refractivity contribution in [2.75, 3.05) is 12.3 Å². The molecule has 0 fully saturated rings. The fourth-order valence-electron chi connectivity index (χ4n) is 1.86. The Kier molecular flexibility index (Phi) is 3.87. The Morgan fingerprint density at radius 1 is 1.44 bits per heavy atom. The molecular formula is C14H18N2OS. The van der Waals surface area contributed by atoms with Crippen LogP contribution in [0.4, 0.5) is 5.69 Å². The van der Waals surface area contributed by atoms with Crippen LogP contribution in [0.15, 0.2) is 18.2 Å². The number of hydrogen-bond acceptors (Lipinski definition) is 3. The van der Waals surface area contributed by atoms with Crippen molar-refractivity contribution in [1.82, 2.24) is 5.32 Å². The van der Waals surface area contributed by atoms with Crippen LogP contribution in [0.1, 0.15) is 35.0 Å². The highest BCUT2D eigenvalue weighted by molar-refractivity contribution is 7.21. The summed E-state index contributed by atoms with van der Waals surface area (Å²) < 4.78 is 1.07. The van der Waals surface area contributed by atoms with Gasteiger partial charge in [0.05, 0.1) is 5.69 Å². The number of fused-ring (bicyclic) bond motifs is 1. The molecule has 3 N–H and O–H groups in total. The zero-order chi connectivity index (χ0) is 13.1. The van der Waals surface area contributed by atoms with E-state index in [2.05, 4.69) is 12.2 Å². The predicted molar refractivity (Wildman–Crippen MR) is 78.2 cm³/mol. The molecule has 4 heteroatoms. The van der Waals surface area contributed by atoms with E-state index in [4.69, 9.17) is 5.73 Å². The summed E-state index contributed by atoms with van der Waals surface area (Å²) in [5.74, 6) is -0.0557. The molecule has 0 saturated heterocycles. The lowest BCUT2D eigenvalue weighted by molar-refractivity contribution is 0.0958. The molecule has 0 radical (unpaired) electrons. The number of carbonyl (C=O) groups is 1. The Labute approximate surface area is 111 Å². The molecule has 1 amide bonds. The van der Waals surface area contributed by atoms with E-state index in [-0.39, 0.29) is 5.91 Å². The summed E-state index contributed by atoms with van der Waals surface area (Å²) in [6.45, 7) is 4.84. The Balaban J connectivity index is 2.28. The second kappa shape index (κ2) is 5.40. The van der Waals surface area contributed by atoms with Gasteiger partial charge in [-0.1, -0.05) is 25.0 Å². The van der Waals surface area contributed by atoms with Gasteiger partial charge < -0.3 is 11.1 Å². The summed E-state index contributed by atoms with van der Waals surface area (Å²) in [6, 6.07) is 6.09. The van der Waals surface area contributed by atoms with Crippen LogP contribution in [0.2, 0.25) is 0 Å². The smallest absolute Gasteiger partial charge is 0.263 e. The second-order valence-corrected chi connectivity index (χ2v) is 5.51. The number of nitrogen functional groups attached to an aromatic ring is 1. The molecule has 0 saturated carbocycles. The summed E-state index contributed by atoms with van der Waals surface area (Å²) in [7, 11) is 0. The van der Waals surface area contributed by atoms with Gasteiger partial charge >= 0.3 is 0 Å². The van der Waals surface area contributed by atoms with Gasteiger partial charge in [-0.05, 0) is 25.5 Å². The molecule has 0 spiro atoms. The lowest BCUT2D eigenvalue weighted by Gasteiger charge is -2.02. The summed E-state index contributed by atoms with van der Waals surface area (Å²) in [5, 5.41) is 3.89. The third-order valence-electron chi connectivity index (χ3n) is 2.90. The molecule has 1 aromatic carbocycles. The van der Waals surface area contributed by atoms with Gasteiger partial charge in [-0.25, -0.2) is 0 Å². The van der Waals surface area contributed by atoms with Gasteiger partial charge in [0.25, 0.3) is 5.91 Å². The van der Waals surface area contributed by atoms with E-state index in [1.54, 1.807) is 0 Å². The third kappa shape index (κ3) is 2.48. The third-order valence-corrected chi connectivity index (χ3v) is 4.09. The zero-order valence-electron chi connectivity index (χ0n) is 10.7. The van der Waals surface area contributed by atoms with Crippen LogP contribution in [0, 0.1) is 6.92 Å². The van der Waals surface area contributed by atoms with E-state index in [0.717, 1.165) is 28.5 Å². The lowest BCUT2D eigenvalue weighted by atomic mass is 10.1. The first kappa shape index (κ1) is 12.9. The number of amides is 1. The van der Waals surface area contributed by atoms with Gasteiger partial charge in [-0.3, -0.25) is 4.79 Å². The van der Waals surface area contributed by atoms with Gasteiger partial charge in [0.2, 0.25) is 0 Å². The molecule has 0 aliphatic rings. The fourth-order valence-corrected chi connectivity index (χ4v) is 2.88. The number of nitrogens with two attached hydrogens (primary N) is 1. The quantitative estimate of drug-likeness (QED) is 0.830. The van der Waals surface area contributed by atoms with Crippen LogP contribution in [-0.4, -0.2) is 12.5 Å². The van der Waals surface area contributed by atoms with E-state index >= 15 is 0 Å². The minimum atomic E-state index is -0.0557. The Morgan fingerprint density at radius 2 is 2.22 bits per heavy atom. The van der Waals surface area contributed by atoms with Crippen LogP contribution >= 0.6 is 11.3 Å². The molecule has 0 unspecified atom stereocenters. The molecule has 2 rings (SSSR count). The summed E-state index contributed by atoms with van der Waals surface area (Å²) in [5.41, 5.74) is 7.82. The van der Waals surface area contributed by atoms with E-state index in [0.29, 0.717) is 17.1 Å². The Morgan fingerprint density at radius 3 is 2.94 bits per heavy atom. The maximum Gasteiger partial charge on any atom is 0.263 e. The molecule has 0 bridgehead atoms. The lowest BCUT2D eigenvalue weighted by Crippen LogP contribution is -2.24. The largest absolute Gasteiger partial charge is 0.397 e. The SMILES string of the molecule is CCCCNC(=O)c1sc2ccc(C)cc2c1N. The second-order valence-electron chi connectivity index (χ2n) is 4.45. The predicted octanol–water partition coefficient (Wildman–Crippen LogP) is 3.32. The maximum atomic E-state index is 12.0. The van der Waals surface area contributed by atoms with Crippen molar-refractivity contribution in [3.05, 3.63) is 28.6 Å². The van der Waals surface area contributed by atoms with Crippen molar-refractivity contribution < 1.29 is 4.79 Å². The number of thiophene rings is 1. The van der Waals surface area contributed by atoms with Crippen molar-refractivity contribution in [3.8, 4) is 0 Å². The number of unbranched alkanes of at least 4 members (excludes halogenated alkanes) is 1. The molecule has 0 aliphatic carbocycles. The highest BCUT2D eigenvalue weighted by Crippen LogP contribution is 2.34. The molecule has 96 valence electrons. The first-order chi connectivity index (χ1) is 8.63. The van der Waals surface area contributed by atoms with Crippen molar-refractivity contribution in [2.24, 2.45) is 0 Å². The maximum absolute atomic E-state index is 12.0. The molecule has 18 heavy (non-hydrogen) atoms. The van der Waals surface area contributed by atoms with Crippen LogP contribution < -0.4 is 11.1 Å². The molecule has 0 atom stereocenters. The molecule has 3 nitrogen and oxygen atoms in total. The molecule has 1 heterocycles. The molecule has 2 aromatic rings. The van der Waals surface area contributed by atoms with Crippen LogP contribution in [-0.2, 0) is 0 Å². The zero-order valence-corrected chi connectivity index (χ0v) is 11.6. The first-order valence-electron chi connectivity index (χ1n) is 6.20. The van der Waals surface area contributed by atoms with Crippen molar-refractivity contribution in [3.63, 3.8) is 0 Å². The van der Waals surface area contributed by atoms with Gasteiger partial charge in [0, 0.05) is 16.6 Å². The fraction of sp³-hybridized carbons (Fsp3) is 0.357. The van der Waals surface area contributed by atoms with Crippen molar-refractivity contribution in [2.45, 2.75) is 26.7 Å². The average molecular weight is 262 g/mol. The number of carbonyl (C=O) groups excluding carboxylic acids is 1. The molecular weight excluding hydrogens is 244 g/mol. The number of benzene rings is 1. The van der Waals surface area contributed by atoms with Crippen LogP contribution in [0.5, 0.6) is 0 Å². The number of rotatable bonds is 4. The summed E-state index contributed by atoms with van der Waals surface area (Å²) >= 11 is 1.46. The van der Waals surface area contributed by atoms with Crippen molar-refractivity contribution in [1.29, 1.82) is 0 Å². The Bertz CT molecular complexity index is 574. The minimum absolute atomic E-state index is 0.0557. The van der Waals surface area contributed by atoms with Gasteiger partial charge in [0.1, 0.15) is 4.88 Å². The van der Waals surface area contributed by atoms with Gasteiger partial charge in [0.15, 0.2) is 0 Å². The van der Waals surface area contributed by atoms with E-state index < -0.39 is 0 Å². The molecule has 0 aliphatic heterocycles. The first-order valence-corrected chi connectivity index (χ1v) is 7.02. The normalized spacial score (nSPS) is 10.8. The molecule has 1 aromatic heterocycles.